The van der Waals surface area contributed by atoms with Gasteiger partial charge in [-0.05, 0) is 65.7 Å². The standard InChI is InChI=1S/C30H21N3O5S/c1-37-30(34)21-9-7-19(8-10-21)25-18-32-29-28(27(25)20-13-15-31-16-14-20)24-17-22(11-12-26(24)33-29)38-39(35,36)23-5-3-2-4-6-23/h2-18H,1H3,(H,32,33). The molecule has 0 radical (unpaired) electrons. The first kappa shape index (κ1) is 24.3. The van der Waals surface area contributed by atoms with Crippen molar-refractivity contribution in [1.29, 1.82) is 0 Å². The van der Waals surface area contributed by atoms with Gasteiger partial charge in [-0.3, -0.25) is 4.98 Å². The van der Waals surface area contributed by atoms with Crippen molar-refractivity contribution in [2.45, 2.75) is 4.90 Å². The summed E-state index contributed by atoms with van der Waals surface area (Å²) in [5.41, 5.74) is 5.29. The molecule has 9 heteroatoms. The fraction of sp³-hybridized carbons (Fsp3) is 0.0333. The molecule has 0 aliphatic heterocycles. The highest BCUT2D eigenvalue weighted by Gasteiger charge is 2.20. The van der Waals surface area contributed by atoms with E-state index in [-0.39, 0.29) is 10.6 Å². The summed E-state index contributed by atoms with van der Waals surface area (Å²) in [6.45, 7) is 0. The SMILES string of the molecule is COC(=O)c1ccc(-c2cnc3[nH]c4ccc(OS(=O)(=O)c5ccccc5)cc4c3c2-c2ccncc2)cc1. The smallest absolute Gasteiger partial charge is 0.339 e. The molecular formula is C30H21N3O5S. The van der Waals surface area contributed by atoms with Gasteiger partial charge in [-0.1, -0.05) is 30.3 Å². The third kappa shape index (κ3) is 4.49. The summed E-state index contributed by atoms with van der Waals surface area (Å²) in [7, 11) is -2.67. The summed E-state index contributed by atoms with van der Waals surface area (Å²) >= 11 is 0. The Morgan fingerprint density at radius 1 is 0.872 bits per heavy atom. The first-order chi connectivity index (χ1) is 18.9. The predicted octanol–water partition coefficient (Wildman–Crippen LogP) is 6.00. The fourth-order valence-electron chi connectivity index (χ4n) is 4.59. The molecule has 0 amide bonds. The number of carbonyl (C=O) groups excluding carboxylic acids is 1. The zero-order valence-corrected chi connectivity index (χ0v) is 21.5. The number of hydrogen-bond donors (Lipinski definition) is 1. The van der Waals surface area contributed by atoms with Gasteiger partial charge in [0.15, 0.2) is 0 Å². The van der Waals surface area contributed by atoms with Crippen LogP contribution >= 0.6 is 0 Å². The lowest BCUT2D eigenvalue weighted by molar-refractivity contribution is 0.0600. The van der Waals surface area contributed by atoms with Crippen LogP contribution in [0.25, 0.3) is 44.2 Å². The van der Waals surface area contributed by atoms with Crippen molar-refractivity contribution in [2.24, 2.45) is 0 Å². The lowest BCUT2D eigenvalue weighted by Gasteiger charge is -2.13. The van der Waals surface area contributed by atoms with Crippen molar-refractivity contribution in [3.63, 3.8) is 0 Å². The highest BCUT2D eigenvalue weighted by molar-refractivity contribution is 7.87. The summed E-state index contributed by atoms with van der Waals surface area (Å²) < 4.78 is 36.1. The third-order valence-electron chi connectivity index (χ3n) is 6.42. The van der Waals surface area contributed by atoms with Crippen LogP contribution in [0.15, 0.2) is 108 Å². The van der Waals surface area contributed by atoms with Gasteiger partial charge in [0, 0.05) is 46.0 Å². The highest BCUT2D eigenvalue weighted by atomic mass is 32.2. The van der Waals surface area contributed by atoms with Gasteiger partial charge in [0.1, 0.15) is 16.3 Å². The molecule has 192 valence electrons. The van der Waals surface area contributed by atoms with Crippen LogP contribution in [0.2, 0.25) is 0 Å². The lowest BCUT2D eigenvalue weighted by Crippen LogP contribution is -2.09. The maximum Gasteiger partial charge on any atom is 0.339 e. The second kappa shape index (κ2) is 9.70. The van der Waals surface area contributed by atoms with Crippen molar-refractivity contribution in [1.82, 2.24) is 15.0 Å². The molecule has 1 N–H and O–H groups in total. The lowest BCUT2D eigenvalue weighted by atomic mass is 9.93. The molecule has 39 heavy (non-hydrogen) atoms. The van der Waals surface area contributed by atoms with Gasteiger partial charge in [-0.2, -0.15) is 8.42 Å². The molecule has 0 saturated heterocycles. The molecule has 3 aromatic heterocycles. The van der Waals surface area contributed by atoms with E-state index in [9.17, 15) is 13.2 Å². The number of esters is 1. The van der Waals surface area contributed by atoms with Gasteiger partial charge in [0.2, 0.25) is 0 Å². The molecule has 6 aromatic rings. The number of aromatic nitrogens is 3. The number of H-pyrrole nitrogens is 1. The molecule has 0 saturated carbocycles. The van der Waals surface area contributed by atoms with Crippen LogP contribution < -0.4 is 4.18 Å². The molecule has 0 fully saturated rings. The number of nitrogens with one attached hydrogen (secondary N) is 1. The van der Waals surface area contributed by atoms with Gasteiger partial charge in [-0.25, -0.2) is 9.78 Å². The zero-order chi connectivity index (χ0) is 27.0. The minimum Gasteiger partial charge on any atom is -0.465 e. The average Bonchev–Trinajstić information content (AvgIpc) is 3.35. The molecule has 3 aromatic carbocycles. The van der Waals surface area contributed by atoms with Crippen molar-refractivity contribution in [3.8, 4) is 28.0 Å². The first-order valence-corrected chi connectivity index (χ1v) is 13.4. The van der Waals surface area contributed by atoms with Gasteiger partial charge >= 0.3 is 16.1 Å². The van der Waals surface area contributed by atoms with Crippen LogP contribution in [0.5, 0.6) is 5.75 Å². The molecule has 8 nitrogen and oxygen atoms in total. The number of rotatable bonds is 6. The van der Waals surface area contributed by atoms with Gasteiger partial charge in [0.25, 0.3) is 0 Å². The van der Waals surface area contributed by atoms with Crippen LogP contribution in [0.3, 0.4) is 0 Å². The van der Waals surface area contributed by atoms with Gasteiger partial charge in [0.05, 0.1) is 12.7 Å². The third-order valence-corrected chi connectivity index (χ3v) is 7.68. The van der Waals surface area contributed by atoms with E-state index in [2.05, 4.69) is 15.0 Å². The van der Waals surface area contributed by atoms with Crippen LogP contribution in [0.1, 0.15) is 10.4 Å². The van der Waals surface area contributed by atoms with Gasteiger partial charge in [-0.15, -0.1) is 0 Å². The number of aromatic amines is 1. The number of fused-ring (bicyclic) bond motifs is 3. The predicted molar refractivity (Wildman–Crippen MR) is 148 cm³/mol. The van der Waals surface area contributed by atoms with Crippen LogP contribution in [0.4, 0.5) is 0 Å². The molecule has 0 aliphatic carbocycles. The number of pyridine rings is 2. The van der Waals surface area contributed by atoms with Crippen LogP contribution in [-0.4, -0.2) is 36.4 Å². The molecule has 0 atom stereocenters. The molecule has 3 heterocycles. The largest absolute Gasteiger partial charge is 0.465 e. The molecule has 0 spiro atoms. The Balaban J connectivity index is 1.55. The number of carbonyl (C=O) groups is 1. The number of ether oxygens (including phenoxy) is 1. The van der Waals surface area contributed by atoms with E-state index in [1.165, 1.54) is 19.2 Å². The average molecular weight is 536 g/mol. The van der Waals surface area contributed by atoms with Crippen molar-refractivity contribution in [3.05, 3.63) is 109 Å². The number of hydrogen-bond acceptors (Lipinski definition) is 7. The minimum absolute atomic E-state index is 0.0702. The Kier molecular flexibility index (Phi) is 6.05. The Morgan fingerprint density at radius 2 is 1.62 bits per heavy atom. The second-order valence-electron chi connectivity index (χ2n) is 8.76. The maximum absolute atomic E-state index is 12.9. The fourth-order valence-corrected chi connectivity index (χ4v) is 5.53. The van der Waals surface area contributed by atoms with Crippen molar-refractivity contribution >= 4 is 38.0 Å². The quantitative estimate of drug-likeness (QED) is 0.206. The number of methoxy groups -OCH3 is 1. The van der Waals surface area contributed by atoms with E-state index in [0.717, 1.165) is 38.5 Å². The van der Waals surface area contributed by atoms with Gasteiger partial charge < -0.3 is 13.9 Å². The molecular weight excluding hydrogens is 514 g/mol. The molecule has 6 rings (SSSR count). The molecule has 0 aliphatic rings. The van der Waals surface area contributed by atoms with E-state index in [1.807, 2.05) is 24.3 Å². The monoisotopic (exact) mass is 535 g/mol. The highest BCUT2D eigenvalue weighted by Crippen LogP contribution is 2.41. The first-order valence-electron chi connectivity index (χ1n) is 12.0. The minimum atomic E-state index is -4.02. The zero-order valence-electron chi connectivity index (χ0n) is 20.7. The Morgan fingerprint density at radius 3 is 2.33 bits per heavy atom. The number of benzene rings is 3. The van der Waals surface area contributed by atoms with E-state index in [0.29, 0.717) is 11.2 Å². The van der Waals surface area contributed by atoms with Crippen LogP contribution in [-0.2, 0) is 14.9 Å². The van der Waals surface area contributed by atoms with E-state index in [4.69, 9.17) is 8.92 Å². The van der Waals surface area contributed by atoms with Crippen LogP contribution in [0, 0.1) is 0 Å². The summed E-state index contributed by atoms with van der Waals surface area (Å²) in [5.74, 6) is -0.236. The summed E-state index contributed by atoms with van der Waals surface area (Å²) in [6, 6.07) is 24.0. The van der Waals surface area contributed by atoms with E-state index >= 15 is 0 Å². The Bertz CT molecular complexity index is 1940. The normalized spacial score (nSPS) is 11.5. The summed E-state index contributed by atoms with van der Waals surface area (Å²) in [6.07, 6.45) is 5.20. The van der Waals surface area contributed by atoms with E-state index in [1.54, 1.807) is 67.1 Å². The van der Waals surface area contributed by atoms with Crippen molar-refractivity contribution < 1.29 is 22.1 Å². The second-order valence-corrected chi connectivity index (χ2v) is 10.3. The summed E-state index contributed by atoms with van der Waals surface area (Å²) in [4.78, 5) is 24.2. The maximum atomic E-state index is 12.9. The molecule has 0 unspecified atom stereocenters. The molecule has 0 bridgehead atoms. The summed E-state index contributed by atoms with van der Waals surface area (Å²) in [5, 5.41) is 1.55. The Hall–Kier alpha value is -5.02. The topological polar surface area (TPSA) is 111 Å². The number of nitrogens with zero attached hydrogens (tertiary/aromatic N) is 2. The Labute approximate surface area is 224 Å². The van der Waals surface area contributed by atoms with Crippen molar-refractivity contribution in [2.75, 3.05) is 7.11 Å². The van der Waals surface area contributed by atoms with E-state index < -0.39 is 16.1 Å².